The Bertz CT molecular complexity index is 1730. The van der Waals surface area contributed by atoms with Crippen molar-refractivity contribution < 1.29 is 4.74 Å². The minimum Gasteiger partial charge on any atom is -0.496 e. The van der Waals surface area contributed by atoms with Gasteiger partial charge in [0.25, 0.3) is 5.56 Å². The molecule has 7 heteroatoms. The third-order valence-corrected chi connectivity index (χ3v) is 6.90. The van der Waals surface area contributed by atoms with Gasteiger partial charge in [0.2, 0.25) is 0 Å². The lowest BCUT2D eigenvalue weighted by Crippen LogP contribution is -2.21. The minimum atomic E-state index is -0.217. The molecule has 5 aromatic rings. The average molecular weight is 506 g/mol. The smallest absolute Gasteiger partial charge is 0.282 e. The van der Waals surface area contributed by atoms with E-state index in [1.165, 1.54) is 4.68 Å². The van der Waals surface area contributed by atoms with Gasteiger partial charge in [0.15, 0.2) is 5.82 Å². The molecule has 0 saturated heterocycles. The van der Waals surface area contributed by atoms with E-state index in [1.54, 1.807) is 31.8 Å². The first-order valence-corrected chi connectivity index (χ1v) is 12.6. The third kappa shape index (κ3) is 4.41. The van der Waals surface area contributed by atoms with Crippen molar-refractivity contribution in [2.45, 2.75) is 40.5 Å². The number of pyridine rings is 1. The van der Waals surface area contributed by atoms with Gasteiger partial charge in [-0.1, -0.05) is 26.0 Å². The average Bonchev–Trinajstić information content (AvgIpc) is 3.20. The zero-order valence-electron chi connectivity index (χ0n) is 22.6. The van der Waals surface area contributed by atoms with Crippen molar-refractivity contribution >= 4 is 17.1 Å². The Hall–Kier alpha value is -4.52. The van der Waals surface area contributed by atoms with E-state index >= 15 is 0 Å². The SMILES string of the molecule is COc1cc(C)c(-c2nc3ccccc3c(=O)n2N=Cc2cc(C)n(-c3ccncc3)c2C)cc1C(C)C. The molecule has 0 bridgehead atoms. The van der Waals surface area contributed by atoms with Crippen LogP contribution in [-0.2, 0) is 0 Å². The summed E-state index contributed by atoms with van der Waals surface area (Å²) in [4.78, 5) is 22.8. The summed E-state index contributed by atoms with van der Waals surface area (Å²) in [6.45, 7) is 10.3. The van der Waals surface area contributed by atoms with E-state index in [0.29, 0.717) is 16.7 Å². The van der Waals surface area contributed by atoms with E-state index in [-0.39, 0.29) is 11.5 Å². The maximum atomic E-state index is 13.7. The van der Waals surface area contributed by atoms with Crippen molar-refractivity contribution in [1.29, 1.82) is 0 Å². The predicted octanol–water partition coefficient (Wildman–Crippen LogP) is 6.19. The van der Waals surface area contributed by atoms with Crippen LogP contribution in [-0.4, -0.2) is 32.5 Å². The molecule has 0 spiro atoms. The van der Waals surface area contributed by atoms with E-state index in [2.05, 4.69) is 35.5 Å². The molecule has 0 N–H and O–H groups in total. The molecule has 0 amide bonds. The van der Waals surface area contributed by atoms with Crippen LogP contribution in [0.5, 0.6) is 5.75 Å². The molecule has 3 aromatic heterocycles. The van der Waals surface area contributed by atoms with Crippen molar-refractivity contribution in [3.05, 3.63) is 105 Å². The quantitative estimate of drug-likeness (QED) is 0.258. The number of aromatic nitrogens is 4. The Morgan fingerprint density at radius 1 is 1.00 bits per heavy atom. The molecular formula is C31H31N5O2. The van der Waals surface area contributed by atoms with Crippen molar-refractivity contribution in [2.24, 2.45) is 5.10 Å². The fourth-order valence-electron chi connectivity index (χ4n) is 4.90. The number of ether oxygens (including phenoxy) is 1. The molecule has 7 nitrogen and oxygen atoms in total. The summed E-state index contributed by atoms with van der Waals surface area (Å²) in [6, 6.07) is 17.4. The lowest BCUT2D eigenvalue weighted by atomic mass is 9.96. The molecule has 0 saturated carbocycles. The van der Waals surface area contributed by atoms with Gasteiger partial charge in [-0.25, -0.2) is 4.98 Å². The molecule has 0 unspecified atom stereocenters. The number of rotatable bonds is 6. The highest BCUT2D eigenvalue weighted by Gasteiger charge is 2.18. The number of aryl methyl sites for hydroxylation is 2. The predicted molar refractivity (Wildman–Crippen MR) is 153 cm³/mol. The number of nitrogens with zero attached hydrogens (tertiary/aromatic N) is 5. The summed E-state index contributed by atoms with van der Waals surface area (Å²) in [5.74, 6) is 1.55. The van der Waals surface area contributed by atoms with Crippen LogP contribution < -0.4 is 10.3 Å². The van der Waals surface area contributed by atoms with Crippen LogP contribution in [0, 0.1) is 20.8 Å². The van der Waals surface area contributed by atoms with Crippen LogP contribution in [0.2, 0.25) is 0 Å². The monoisotopic (exact) mass is 505 g/mol. The number of para-hydroxylation sites is 1. The molecule has 0 fully saturated rings. The second-order valence-corrected chi connectivity index (χ2v) is 9.75. The summed E-state index contributed by atoms with van der Waals surface area (Å²) in [6.07, 6.45) is 5.29. The van der Waals surface area contributed by atoms with E-state index in [1.807, 2.05) is 57.2 Å². The maximum Gasteiger partial charge on any atom is 0.282 e. The summed E-state index contributed by atoms with van der Waals surface area (Å²) < 4.78 is 9.21. The molecule has 0 atom stereocenters. The first kappa shape index (κ1) is 25.1. The van der Waals surface area contributed by atoms with E-state index in [4.69, 9.17) is 14.8 Å². The Kier molecular flexibility index (Phi) is 6.68. The molecule has 0 aliphatic heterocycles. The zero-order valence-corrected chi connectivity index (χ0v) is 22.6. The van der Waals surface area contributed by atoms with E-state index in [0.717, 1.165) is 45.1 Å². The van der Waals surface area contributed by atoms with Gasteiger partial charge in [-0.3, -0.25) is 9.78 Å². The molecule has 5 rings (SSSR count). The lowest BCUT2D eigenvalue weighted by Gasteiger charge is -2.17. The van der Waals surface area contributed by atoms with Crippen molar-refractivity contribution in [3.8, 4) is 22.8 Å². The Balaban J connectivity index is 1.72. The Morgan fingerprint density at radius 2 is 1.74 bits per heavy atom. The molecule has 0 radical (unpaired) electrons. The Morgan fingerprint density at radius 3 is 2.45 bits per heavy atom. The van der Waals surface area contributed by atoms with Crippen LogP contribution in [0.25, 0.3) is 28.0 Å². The minimum absolute atomic E-state index is 0.217. The van der Waals surface area contributed by atoms with Gasteiger partial charge in [0.05, 0.1) is 24.2 Å². The highest BCUT2D eigenvalue weighted by Crippen LogP contribution is 2.34. The molecular weight excluding hydrogens is 474 g/mol. The molecule has 0 aliphatic carbocycles. The number of hydrogen-bond acceptors (Lipinski definition) is 5. The van der Waals surface area contributed by atoms with Crippen molar-refractivity contribution in [3.63, 3.8) is 0 Å². The molecule has 0 aliphatic rings. The highest BCUT2D eigenvalue weighted by molar-refractivity contribution is 5.84. The highest BCUT2D eigenvalue weighted by atomic mass is 16.5. The van der Waals surface area contributed by atoms with Crippen molar-refractivity contribution in [1.82, 2.24) is 19.2 Å². The van der Waals surface area contributed by atoms with Gasteiger partial charge in [0, 0.05) is 40.6 Å². The number of hydrogen-bond donors (Lipinski definition) is 0. The van der Waals surface area contributed by atoms with Crippen LogP contribution in [0.4, 0.5) is 0 Å². The molecule has 3 heterocycles. The van der Waals surface area contributed by atoms with E-state index < -0.39 is 0 Å². The molecule has 2 aromatic carbocycles. The number of methoxy groups -OCH3 is 1. The fourth-order valence-corrected chi connectivity index (χ4v) is 4.90. The van der Waals surface area contributed by atoms with Crippen LogP contribution in [0.15, 0.2) is 76.9 Å². The van der Waals surface area contributed by atoms with Gasteiger partial charge in [-0.05, 0) is 80.3 Å². The van der Waals surface area contributed by atoms with Gasteiger partial charge in [0.1, 0.15) is 5.75 Å². The molecule has 192 valence electrons. The van der Waals surface area contributed by atoms with Gasteiger partial charge >= 0.3 is 0 Å². The topological polar surface area (TPSA) is 74.3 Å². The zero-order chi connectivity index (χ0) is 27.0. The number of benzene rings is 2. The maximum absolute atomic E-state index is 13.7. The van der Waals surface area contributed by atoms with E-state index in [9.17, 15) is 4.79 Å². The Labute approximate surface area is 222 Å². The number of fused-ring (bicyclic) bond motifs is 1. The molecule has 38 heavy (non-hydrogen) atoms. The lowest BCUT2D eigenvalue weighted by molar-refractivity contribution is 0.407. The standard InChI is InChI=1S/C31H31N5O2/c1-19(2)26-17-27(20(3)15-29(26)38-6)30-34-28-10-8-7-9-25(28)31(37)36(30)33-18-23-16-21(4)35(22(23)5)24-11-13-32-14-12-24/h7-19H,1-6H3. The summed E-state index contributed by atoms with van der Waals surface area (Å²) in [7, 11) is 1.68. The largest absolute Gasteiger partial charge is 0.496 e. The van der Waals surface area contributed by atoms with Gasteiger partial charge < -0.3 is 9.30 Å². The summed E-state index contributed by atoms with van der Waals surface area (Å²) in [5, 5.41) is 5.25. The van der Waals surface area contributed by atoms with Gasteiger partial charge in [-0.15, -0.1) is 0 Å². The normalized spacial score (nSPS) is 11.7. The van der Waals surface area contributed by atoms with Gasteiger partial charge in [-0.2, -0.15) is 9.78 Å². The van der Waals surface area contributed by atoms with Crippen molar-refractivity contribution in [2.75, 3.05) is 7.11 Å². The first-order valence-electron chi connectivity index (χ1n) is 12.6. The third-order valence-electron chi connectivity index (χ3n) is 6.90. The second-order valence-electron chi connectivity index (χ2n) is 9.75. The summed E-state index contributed by atoms with van der Waals surface area (Å²) in [5.41, 5.74) is 7.28. The van der Waals surface area contributed by atoms with Crippen LogP contribution in [0.3, 0.4) is 0 Å². The van der Waals surface area contributed by atoms with Crippen LogP contribution in [0.1, 0.15) is 47.8 Å². The first-order chi connectivity index (χ1) is 18.3. The fraction of sp³-hybridized carbons (Fsp3) is 0.226. The van der Waals surface area contributed by atoms with Crippen LogP contribution >= 0.6 is 0 Å². The summed E-state index contributed by atoms with van der Waals surface area (Å²) >= 11 is 0. The second kappa shape index (κ2) is 10.1.